The van der Waals surface area contributed by atoms with Gasteiger partial charge in [0.25, 0.3) is 0 Å². The summed E-state index contributed by atoms with van der Waals surface area (Å²) in [4.78, 5) is 15.9. The van der Waals surface area contributed by atoms with Crippen LogP contribution >= 0.6 is 0 Å². The molecule has 1 aromatic rings. The van der Waals surface area contributed by atoms with Gasteiger partial charge in [-0.15, -0.1) is 6.58 Å². The van der Waals surface area contributed by atoms with Crippen LogP contribution < -0.4 is 0 Å². The Morgan fingerprint density at radius 3 is 2.94 bits per heavy atom. The highest BCUT2D eigenvalue weighted by Crippen LogP contribution is 2.26. The van der Waals surface area contributed by atoms with Gasteiger partial charge < -0.3 is 4.74 Å². The zero-order chi connectivity index (χ0) is 12.7. The predicted molar refractivity (Wildman–Crippen MR) is 67.5 cm³/mol. The van der Waals surface area contributed by atoms with Crippen LogP contribution in [0.1, 0.15) is 25.8 Å². The summed E-state index contributed by atoms with van der Waals surface area (Å²) in [5, 5.41) is 0. The lowest BCUT2D eigenvalue weighted by atomic mass is 9.84. The third kappa shape index (κ3) is 3.70. The SMILES string of the molecule is C=CC(C)(CCc1cccnc1)C(=O)OCC. The molecule has 0 aliphatic heterocycles. The zero-order valence-electron chi connectivity index (χ0n) is 10.5. The van der Waals surface area contributed by atoms with Crippen LogP contribution in [0.2, 0.25) is 0 Å². The average Bonchev–Trinajstić information content (AvgIpc) is 2.37. The van der Waals surface area contributed by atoms with Gasteiger partial charge in [-0.2, -0.15) is 0 Å². The molecule has 0 bridgehead atoms. The van der Waals surface area contributed by atoms with Crippen molar-refractivity contribution in [3.05, 3.63) is 42.7 Å². The average molecular weight is 233 g/mol. The lowest BCUT2D eigenvalue weighted by Crippen LogP contribution is -2.28. The molecular formula is C14H19NO2. The summed E-state index contributed by atoms with van der Waals surface area (Å²) in [6.07, 6.45) is 6.69. The first-order valence-corrected chi connectivity index (χ1v) is 5.82. The minimum absolute atomic E-state index is 0.209. The molecule has 3 nitrogen and oxygen atoms in total. The highest BCUT2D eigenvalue weighted by atomic mass is 16.5. The Hall–Kier alpha value is -1.64. The fourth-order valence-corrected chi connectivity index (χ4v) is 1.53. The van der Waals surface area contributed by atoms with E-state index in [9.17, 15) is 4.79 Å². The molecule has 17 heavy (non-hydrogen) atoms. The van der Waals surface area contributed by atoms with Crippen LogP contribution in [0.3, 0.4) is 0 Å². The number of hydrogen-bond donors (Lipinski definition) is 0. The summed E-state index contributed by atoms with van der Waals surface area (Å²) in [6, 6.07) is 3.90. The minimum Gasteiger partial charge on any atom is -0.465 e. The lowest BCUT2D eigenvalue weighted by Gasteiger charge is -2.23. The lowest BCUT2D eigenvalue weighted by molar-refractivity contribution is -0.151. The second kappa shape index (κ2) is 6.18. The van der Waals surface area contributed by atoms with Crippen LogP contribution in [0.15, 0.2) is 37.2 Å². The van der Waals surface area contributed by atoms with Crippen LogP contribution in [0.5, 0.6) is 0 Å². The van der Waals surface area contributed by atoms with E-state index in [2.05, 4.69) is 11.6 Å². The van der Waals surface area contributed by atoms with Crippen molar-refractivity contribution in [2.45, 2.75) is 26.7 Å². The van der Waals surface area contributed by atoms with Crippen molar-refractivity contribution < 1.29 is 9.53 Å². The number of ether oxygens (including phenoxy) is 1. The van der Waals surface area contributed by atoms with Crippen LogP contribution in [0.4, 0.5) is 0 Å². The quantitative estimate of drug-likeness (QED) is 0.560. The molecule has 1 heterocycles. The molecule has 0 spiro atoms. The molecule has 0 amide bonds. The van der Waals surface area contributed by atoms with Crippen LogP contribution in [-0.4, -0.2) is 17.6 Å². The molecule has 0 saturated carbocycles. The molecule has 0 radical (unpaired) electrons. The fourth-order valence-electron chi connectivity index (χ4n) is 1.53. The number of rotatable bonds is 6. The van der Waals surface area contributed by atoms with Crippen molar-refractivity contribution in [2.75, 3.05) is 6.61 Å². The Morgan fingerprint density at radius 1 is 1.65 bits per heavy atom. The van der Waals surface area contributed by atoms with E-state index < -0.39 is 5.41 Å². The van der Waals surface area contributed by atoms with Gasteiger partial charge in [0.05, 0.1) is 12.0 Å². The molecule has 0 aliphatic rings. The standard InChI is InChI=1S/C14H19NO2/c1-4-14(3,13(16)17-5-2)9-8-12-7-6-10-15-11-12/h4,6-7,10-11H,1,5,8-9H2,2-3H3. The third-order valence-electron chi connectivity index (χ3n) is 2.85. The molecule has 1 aromatic heterocycles. The molecule has 3 heteroatoms. The molecular weight excluding hydrogens is 214 g/mol. The second-order valence-corrected chi connectivity index (χ2v) is 4.20. The number of hydrogen-bond acceptors (Lipinski definition) is 3. The van der Waals surface area contributed by atoms with Crippen LogP contribution in [0, 0.1) is 5.41 Å². The van der Waals surface area contributed by atoms with Gasteiger partial charge in [-0.3, -0.25) is 9.78 Å². The third-order valence-corrected chi connectivity index (χ3v) is 2.85. The fraction of sp³-hybridized carbons (Fsp3) is 0.429. The monoisotopic (exact) mass is 233 g/mol. The van der Waals surface area contributed by atoms with Gasteiger partial charge in [0.15, 0.2) is 0 Å². The minimum atomic E-state index is -0.619. The summed E-state index contributed by atoms with van der Waals surface area (Å²) in [5.41, 5.74) is 0.496. The largest absolute Gasteiger partial charge is 0.465 e. The first-order chi connectivity index (χ1) is 8.12. The van der Waals surface area contributed by atoms with Crippen molar-refractivity contribution >= 4 is 5.97 Å². The van der Waals surface area contributed by atoms with Crippen LogP contribution in [-0.2, 0) is 16.0 Å². The number of carbonyl (C=O) groups is 1. The smallest absolute Gasteiger partial charge is 0.315 e. The Labute approximate surface area is 103 Å². The molecule has 92 valence electrons. The van der Waals surface area contributed by atoms with E-state index in [1.807, 2.05) is 32.2 Å². The first-order valence-electron chi connectivity index (χ1n) is 5.82. The normalized spacial score (nSPS) is 13.8. The van der Waals surface area contributed by atoms with E-state index in [0.29, 0.717) is 13.0 Å². The summed E-state index contributed by atoms with van der Waals surface area (Å²) in [5.74, 6) is -0.209. The van der Waals surface area contributed by atoms with Gasteiger partial charge in [0.1, 0.15) is 0 Å². The number of nitrogens with zero attached hydrogens (tertiary/aromatic N) is 1. The maximum Gasteiger partial charge on any atom is 0.315 e. The Morgan fingerprint density at radius 2 is 2.41 bits per heavy atom. The number of carbonyl (C=O) groups excluding carboxylic acids is 1. The van der Waals surface area contributed by atoms with Crippen molar-refractivity contribution in [2.24, 2.45) is 5.41 Å². The Kier molecular flexibility index (Phi) is 4.88. The Bertz CT molecular complexity index is 375. The zero-order valence-corrected chi connectivity index (χ0v) is 10.5. The van der Waals surface area contributed by atoms with Crippen molar-refractivity contribution in [1.82, 2.24) is 4.98 Å². The molecule has 0 aliphatic carbocycles. The van der Waals surface area contributed by atoms with E-state index in [0.717, 1.165) is 12.0 Å². The number of pyridine rings is 1. The van der Waals surface area contributed by atoms with Gasteiger partial charge in [-0.25, -0.2) is 0 Å². The van der Waals surface area contributed by atoms with Gasteiger partial charge in [0, 0.05) is 12.4 Å². The molecule has 0 saturated heterocycles. The van der Waals surface area contributed by atoms with Gasteiger partial charge in [0.2, 0.25) is 0 Å². The topological polar surface area (TPSA) is 39.2 Å². The summed E-state index contributed by atoms with van der Waals surface area (Å²) in [7, 11) is 0. The Balaban J connectivity index is 2.63. The van der Waals surface area contributed by atoms with E-state index in [1.165, 1.54) is 0 Å². The van der Waals surface area contributed by atoms with Crippen molar-refractivity contribution in [3.63, 3.8) is 0 Å². The summed E-state index contributed by atoms with van der Waals surface area (Å²) >= 11 is 0. The number of aryl methyl sites for hydroxylation is 1. The maximum atomic E-state index is 11.8. The molecule has 1 unspecified atom stereocenters. The van der Waals surface area contributed by atoms with Gasteiger partial charge in [-0.1, -0.05) is 12.1 Å². The highest BCUT2D eigenvalue weighted by Gasteiger charge is 2.30. The first kappa shape index (κ1) is 13.4. The predicted octanol–water partition coefficient (Wildman–Crippen LogP) is 2.77. The number of esters is 1. The van der Waals surface area contributed by atoms with Crippen LogP contribution in [0.25, 0.3) is 0 Å². The van der Waals surface area contributed by atoms with Gasteiger partial charge >= 0.3 is 5.97 Å². The van der Waals surface area contributed by atoms with E-state index >= 15 is 0 Å². The summed E-state index contributed by atoms with van der Waals surface area (Å²) < 4.78 is 5.06. The van der Waals surface area contributed by atoms with Crippen molar-refractivity contribution in [3.8, 4) is 0 Å². The molecule has 1 atom stereocenters. The molecule has 0 fully saturated rings. The van der Waals surface area contributed by atoms with E-state index in [1.54, 1.807) is 12.3 Å². The maximum absolute atomic E-state index is 11.8. The number of aromatic nitrogens is 1. The van der Waals surface area contributed by atoms with E-state index in [-0.39, 0.29) is 5.97 Å². The highest BCUT2D eigenvalue weighted by molar-refractivity contribution is 5.78. The molecule has 0 aromatic carbocycles. The molecule has 0 N–H and O–H groups in total. The summed E-state index contributed by atoms with van der Waals surface area (Å²) in [6.45, 7) is 7.79. The van der Waals surface area contributed by atoms with Gasteiger partial charge in [-0.05, 0) is 38.3 Å². The van der Waals surface area contributed by atoms with E-state index in [4.69, 9.17) is 4.74 Å². The second-order valence-electron chi connectivity index (χ2n) is 4.20. The molecule has 1 rings (SSSR count). The van der Waals surface area contributed by atoms with Crippen molar-refractivity contribution in [1.29, 1.82) is 0 Å².